The molecule has 0 atom stereocenters. The second kappa shape index (κ2) is 6.12. The summed E-state index contributed by atoms with van der Waals surface area (Å²) < 4.78 is 2.12. The van der Waals surface area contributed by atoms with Crippen molar-refractivity contribution in [2.75, 3.05) is 0 Å². The van der Waals surface area contributed by atoms with E-state index in [2.05, 4.69) is 26.2 Å². The molecule has 0 bridgehead atoms. The molecular formula is C12H12BrN3O2S. The predicted octanol–water partition coefficient (Wildman–Crippen LogP) is 1.69. The lowest BCUT2D eigenvalue weighted by Crippen LogP contribution is -2.31. The van der Waals surface area contributed by atoms with Crippen LogP contribution in [-0.2, 0) is 17.9 Å². The predicted molar refractivity (Wildman–Crippen MR) is 77.1 cm³/mol. The largest absolute Gasteiger partial charge is 0.350 e. The summed E-state index contributed by atoms with van der Waals surface area (Å²) in [5.74, 6) is -0.203. The molecule has 2 aromatic rings. The minimum absolute atomic E-state index is 0.00998. The average Bonchev–Trinajstić information content (AvgIpc) is 2.77. The summed E-state index contributed by atoms with van der Waals surface area (Å²) in [5, 5.41) is 3.73. The second-order valence-corrected chi connectivity index (χ2v) is 6.17. The molecule has 2 aromatic heterocycles. The van der Waals surface area contributed by atoms with Crippen molar-refractivity contribution in [1.29, 1.82) is 0 Å². The van der Waals surface area contributed by atoms with Gasteiger partial charge in [0, 0.05) is 27.8 Å². The van der Waals surface area contributed by atoms with Gasteiger partial charge in [-0.2, -0.15) is 0 Å². The Kier molecular flexibility index (Phi) is 4.49. The molecule has 0 aliphatic carbocycles. The first-order valence-electron chi connectivity index (χ1n) is 5.58. The van der Waals surface area contributed by atoms with E-state index in [1.807, 2.05) is 6.92 Å². The number of hydrogen-bond donors (Lipinski definition) is 1. The molecule has 0 fully saturated rings. The van der Waals surface area contributed by atoms with E-state index in [-0.39, 0.29) is 18.0 Å². The van der Waals surface area contributed by atoms with Crippen molar-refractivity contribution >= 4 is 33.2 Å². The third kappa shape index (κ3) is 4.00. The molecule has 0 saturated heterocycles. The summed E-state index contributed by atoms with van der Waals surface area (Å²) in [6.45, 7) is 2.36. The van der Waals surface area contributed by atoms with Gasteiger partial charge in [-0.15, -0.1) is 11.3 Å². The van der Waals surface area contributed by atoms with Gasteiger partial charge in [0.05, 0.1) is 11.6 Å². The maximum absolute atomic E-state index is 11.8. The number of amides is 1. The van der Waals surface area contributed by atoms with Gasteiger partial charge < -0.3 is 9.88 Å². The van der Waals surface area contributed by atoms with Crippen LogP contribution in [0.5, 0.6) is 0 Å². The maximum Gasteiger partial charge on any atom is 0.251 e. The van der Waals surface area contributed by atoms with E-state index >= 15 is 0 Å². The Morgan fingerprint density at radius 3 is 3.00 bits per heavy atom. The lowest BCUT2D eigenvalue weighted by molar-refractivity contribution is -0.121. The minimum atomic E-state index is -0.203. The SMILES string of the molecule is Cc1ncc(CNC(=O)Cn2cc(Br)ccc2=O)s1. The van der Waals surface area contributed by atoms with Crippen LogP contribution in [0, 0.1) is 6.92 Å². The van der Waals surface area contributed by atoms with Crippen LogP contribution >= 0.6 is 27.3 Å². The van der Waals surface area contributed by atoms with Crippen LogP contribution < -0.4 is 10.9 Å². The number of hydrogen-bond acceptors (Lipinski definition) is 4. The van der Waals surface area contributed by atoms with Crippen LogP contribution in [0.15, 0.2) is 33.8 Å². The van der Waals surface area contributed by atoms with Gasteiger partial charge >= 0.3 is 0 Å². The highest BCUT2D eigenvalue weighted by atomic mass is 79.9. The summed E-state index contributed by atoms with van der Waals surface area (Å²) in [6, 6.07) is 3.07. The van der Waals surface area contributed by atoms with E-state index in [0.717, 1.165) is 14.4 Å². The van der Waals surface area contributed by atoms with Gasteiger partial charge in [-0.25, -0.2) is 4.98 Å². The molecule has 0 radical (unpaired) electrons. The topological polar surface area (TPSA) is 64.0 Å². The molecule has 2 rings (SSSR count). The first kappa shape index (κ1) is 14.0. The Morgan fingerprint density at radius 2 is 2.32 bits per heavy atom. The zero-order chi connectivity index (χ0) is 13.8. The molecule has 5 nitrogen and oxygen atoms in total. The molecule has 7 heteroatoms. The van der Waals surface area contributed by atoms with Gasteiger partial charge in [0.15, 0.2) is 0 Å². The van der Waals surface area contributed by atoms with Crippen LogP contribution in [0.25, 0.3) is 0 Å². The molecule has 19 heavy (non-hydrogen) atoms. The zero-order valence-corrected chi connectivity index (χ0v) is 12.6. The number of rotatable bonds is 4. The highest BCUT2D eigenvalue weighted by molar-refractivity contribution is 9.10. The van der Waals surface area contributed by atoms with Crippen LogP contribution in [0.3, 0.4) is 0 Å². The molecule has 1 amide bonds. The number of nitrogens with zero attached hydrogens (tertiary/aromatic N) is 2. The Balaban J connectivity index is 1.94. The second-order valence-electron chi connectivity index (χ2n) is 3.94. The Bertz CT molecular complexity index is 650. The summed E-state index contributed by atoms with van der Waals surface area (Å²) in [4.78, 5) is 28.4. The molecule has 0 spiro atoms. The van der Waals surface area contributed by atoms with Crippen molar-refractivity contribution in [3.63, 3.8) is 0 Å². The van der Waals surface area contributed by atoms with E-state index in [0.29, 0.717) is 6.54 Å². The highest BCUT2D eigenvalue weighted by Gasteiger charge is 2.06. The molecule has 1 N–H and O–H groups in total. The van der Waals surface area contributed by atoms with E-state index in [9.17, 15) is 9.59 Å². The van der Waals surface area contributed by atoms with Crippen molar-refractivity contribution in [1.82, 2.24) is 14.9 Å². The Labute approximate surface area is 122 Å². The van der Waals surface area contributed by atoms with Crippen LogP contribution in [0.4, 0.5) is 0 Å². The van der Waals surface area contributed by atoms with Gasteiger partial charge in [0.25, 0.3) is 5.56 Å². The molecular weight excluding hydrogens is 330 g/mol. The molecule has 100 valence electrons. The Morgan fingerprint density at radius 1 is 1.53 bits per heavy atom. The van der Waals surface area contributed by atoms with Crippen LogP contribution in [-0.4, -0.2) is 15.5 Å². The molecule has 0 aromatic carbocycles. The van der Waals surface area contributed by atoms with Crippen LogP contribution in [0.2, 0.25) is 0 Å². The maximum atomic E-state index is 11.8. The fraction of sp³-hybridized carbons (Fsp3) is 0.250. The molecule has 0 unspecified atom stereocenters. The fourth-order valence-electron chi connectivity index (χ4n) is 1.51. The quantitative estimate of drug-likeness (QED) is 0.920. The summed E-state index contributed by atoms with van der Waals surface area (Å²) >= 11 is 4.81. The number of carbonyl (C=O) groups excluding carboxylic acids is 1. The molecule has 2 heterocycles. The van der Waals surface area contributed by atoms with E-state index in [1.54, 1.807) is 18.5 Å². The number of pyridine rings is 1. The van der Waals surface area contributed by atoms with Gasteiger partial charge in [0.1, 0.15) is 6.54 Å². The fourth-order valence-corrected chi connectivity index (χ4v) is 2.62. The summed E-state index contributed by atoms with van der Waals surface area (Å²) in [5.41, 5.74) is -0.202. The number of nitrogens with one attached hydrogen (secondary N) is 1. The summed E-state index contributed by atoms with van der Waals surface area (Å²) in [6.07, 6.45) is 3.34. The minimum Gasteiger partial charge on any atom is -0.350 e. The van der Waals surface area contributed by atoms with Gasteiger partial charge in [-0.1, -0.05) is 0 Å². The van der Waals surface area contributed by atoms with Gasteiger partial charge in [-0.3, -0.25) is 9.59 Å². The number of aryl methyl sites for hydroxylation is 1. The summed E-state index contributed by atoms with van der Waals surface area (Å²) in [7, 11) is 0. The molecule has 0 aliphatic rings. The number of thiazole rings is 1. The highest BCUT2D eigenvalue weighted by Crippen LogP contribution is 2.10. The number of carbonyl (C=O) groups is 1. The monoisotopic (exact) mass is 341 g/mol. The Hall–Kier alpha value is -1.47. The van der Waals surface area contributed by atoms with Crippen molar-refractivity contribution in [2.45, 2.75) is 20.0 Å². The molecule has 0 saturated carbocycles. The first-order chi connectivity index (χ1) is 9.04. The lowest BCUT2D eigenvalue weighted by atomic mass is 10.4. The smallest absolute Gasteiger partial charge is 0.251 e. The average molecular weight is 342 g/mol. The van der Waals surface area contributed by atoms with Gasteiger partial charge in [0.2, 0.25) is 5.91 Å². The molecule has 0 aliphatic heterocycles. The van der Waals surface area contributed by atoms with Crippen LogP contribution in [0.1, 0.15) is 9.88 Å². The van der Waals surface area contributed by atoms with E-state index in [1.165, 1.54) is 22.0 Å². The first-order valence-corrected chi connectivity index (χ1v) is 7.19. The zero-order valence-electron chi connectivity index (χ0n) is 10.2. The lowest BCUT2D eigenvalue weighted by Gasteiger charge is -2.06. The third-order valence-electron chi connectivity index (χ3n) is 2.39. The van der Waals surface area contributed by atoms with Crippen molar-refractivity contribution in [3.8, 4) is 0 Å². The standard InChI is InChI=1S/C12H12BrN3O2S/c1-8-14-4-10(19-8)5-15-11(17)7-16-6-9(13)2-3-12(16)18/h2-4,6H,5,7H2,1H3,(H,15,17). The van der Waals surface area contributed by atoms with E-state index < -0.39 is 0 Å². The number of halogens is 1. The third-order valence-corrected chi connectivity index (χ3v) is 3.77. The van der Waals surface area contributed by atoms with Crippen molar-refractivity contribution < 1.29 is 4.79 Å². The van der Waals surface area contributed by atoms with Crippen molar-refractivity contribution in [3.05, 3.63) is 49.2 Å². The normalized spacial score (nSPS) is 10.4. The number of aromatic nitrogens is 2. The van der Waals surface area contributed by atoms with Gasteiger partial charge in [-0.05, 0) is 28.9 Å². The van der Waals surface area contributed by atoms with E-state index in [4.69, 9.17) is 0 Å². The van der Waals surface area contributed by atoms with Crippen molar-refractivity contribution in [2.24, 2.45) is 0 Å².